The summed E-state index contributed by atoms with van der Waals surface area (Å²) < 4.78 is 0. The van der Waals surface area contributed by atoms with Gasteiger partial charge in [0.05, 0.1) is 0 Å². The highest BCUT2D eigenvalue weighted by atomic mass is 15.1. The summed E-state index contributed by atoms with van der Waals surface area (Å²) in [6.07, 6.45) is 5.55. The topological polar surface area (TPSA) is 41.3 Å². The average molecular weight is 233 g/mol. The summed E-state index contributed by atoms with van der Waals surface area (Å²) in [4.78, 5) is 2.48. The van der Waals surface area contributed by atoms with E-state index >= 15 is 0 Å². The Labute approximate surface area is 104 Å². The van der Waals surface area contributed by atoms with E-state index in [0.717, 1.165) is 30.5 Å². The number of nitrogens with zero attached hydrogens (tertiary/aromatic N) is 1. The summed E-state index contributed by atoms with van der Waals surface area (Å²) in [5.41, 5.74) is 7.62. The minimum Gasteiger partial charge on any atom is -0.399 e. The molecule has 0 atom stereocenters. The number of hydrogen-bond donors (Lipinski definition) is 2. The zero-order chi connectivity index (χ0) is 12.1. The summed E-state index contributed by atoms with van der Waals surface area (Å²) in [5, 5.41) is 3.43. The standard InChI is InChI=1S/C14H23N3/c1-17(14-4-2-3-5-14)11-10-16-13-8-6-12(15)7-9-13/h6-9,14,16H,2-5,10-11,15H2,1H3. The number of nitrogens with one attached hydrogen (secondary N) is 1. The van der Waals surface area contributed by atoms with Gasteiger partial charge in [0.2, 0.25) is 0 Å². The molecule has 0 aromatic heterocycles. The molecule has 1 aliphatic rings. The molecule has 1 fully saturated rings. The van der Waals surface area contributed by atoms with Gasteiger partial charge in [-0.25, -0.2) is 0 Å². The van der Waals surface area contributed by atoms with Crippen molar-refractivity contribution in [3.8, 4) is 0 Å². The first-order valence-corrected chi connectivity index (χ1v) is 6.55. The van der Waals surface area contributed by atoms with Crippen LogP contribution >= 0.6 is 0 Å². The van der Waals surface area contributed by atoms with Gasteiger partial charge >= 0.3 is 0 Å². The monoisotopic (exact) mass is 233 g/mol. The van der Waals surface area contributed by atoms with E-state index < -0.39 is 0 Å². The highest BCUT2D eigenvalue weighted by Crippen LogP contribution is 2.22. The molecule has 0 aliphatic heterocycles. The summed E-state index contributed by atoms with van der Waals surface area (Å²) >= 11 is 0. The Morgan fingerprint density at radius 1 is 1.24 bits per heavy atom. The van der Waals surface area contributed by atoms with E-state index in [-0.39, 0.29) is 0 Å². The maximum atomic E-state index is 5.65. The van der Waals surface area contributed by atoms with Crippen LogP contribution < -0.4 is 11.1 Å². The van der Waals surface area contributed by atoms with Crippen molar-refractivity contribution in [2.75, 3.05) is 31.2 Å². The van der Waals surface area contributed by atoms with Gasteiger partial charge in [-0.1, -0.05) is 12.8 Å². The minimum absolute atomic E-state index is 0.809. The molecular formula is C14H23N3. The summed E-state index contributed by atoms with van der Waals surface area (Å²) in [6, 6.07) is 8.74. The van der Waals surface area contributed by atoms with Crippen molar-refractivity contribution in [2.24, 2.45) is 0 Å². The summed E-state index contributed by atoms with van der Waals surface area (Å²) in [5.74, 6) is 0. The van der Waals surface area contributed by atoms with Crippen LogP contribution in [0.4, 0.5) is 11.4 Å². The Morgan fingerprint density at radius 3 is 2.53 bits per heavy atom. The quantitative estimate of drug-likeness (QED) is 0.768. The van der Waals surface area contributed by atoms with Crippen LogP contribution in [0.25, 0.3) is 0 Å². The Kier molecular flexibility index (Phi) is 4.26. The summed E-state index contributed by atoms with van der Waals surface area (Å²) in [6.45, 7) is 2.10. The molecule has 1 aromatic rings. The second-order valence-corrected chi connectivity index (χ2v) is 4.97. The van der Waals surface area contributed by atoms with Gasteiger partial charge in [-0.15, -0.1) is 0 Å². The highest BCUT2D eigenvalue weighted by Gasteiger charge is 2.18. The Balaban J connectivity index is 1.70. The fourth-order valence-corrected chi connectivity index (χ4v) is 2.51. The second kappa shape index (κ2) is 5.92. The van der Waals surface area contributed by atoms with E-state index in [1.807, 2.05) is 24.3 Å². The van der Waals surface area contributed by atoms with E-state index in [2.05, 4.69) is 17.3 Å². The molecule has 0 spiro atoms. The van der Waals surface area contributed by atoms with Gasteiger partial charge < -0.3 is 16.0 Å². The molecule has 1 aromatic carbocycles. The number of likely N-dealkylation sites (N-methyl/N-ethyl adjacent to an activating group) is 1. The fourth-order valence-electron chi connectivity index (χ4n) is 2.51. The van der Waals surface area contributed by atoms with Crippen molar-refractivity contribution in [1.29, 1.82) is 0 Å². The van der Waals surface area contributed by atoms with Crippen LogP contribution in [0.5, 0.6) is 0 Å². The normalized spacial score (nSPS) is 16.6. The van der Waals surface area contributed by atoms with Crippen LogP contribution in [-0.4, -0.2) is 31.1 Å². The molecule has 0 amide bonds. The van der Waals surface area contributed by atoms with Gasteiger partial charge in [0.1, 0.15) is 0 Å². The molecule has 0 heterocycles. The molecule has 0 saturated heterocycles. The van der Waals surface area contributed by atoms with Crippen molar-refractivity contribution in [2.45, 2.75) is 31.7 Å². The molecule has 3 heteroatoms. The number of anilines is 2. The predicted molar refractivity (Wildman–Crippen MR) is 74.2 cm³/mol. The Hall–Kier alpha value is -1.22. The fraction of sp³-hybridized carbons (Fsp3) is 0.571. The lowest BCUT2D eigenvalue weighted by atomic mass is 10.2. The average Bonchev–Trinajstić information content (AvgIpc) is 2.85. The van der Waals surface area contributed by atoms with Gasteiger partial charge in [-0.2, -0.15) is 0 Å². The van der Waals surface area contributed by atoms with Crippen LogP contribution in [-0.2, 0) is 0 Å². The smallest absolute Gasteiger partial charge is 0.0342 e. The van der Waals surface area contributed by atoms with Crippen molar-refractivity contribution >= 4 is 11.4 Å². The lowest BCUT2D eigenvalue weighted by Crippen LogP contribution is -2.33. The number of hydrogen-bond acceptors (Lipinski definition) is 3. The molecule has 0 bridgehead atoms. The predicted octanol–water partition coefficient (Wildman–Crippen LogP) is 2.56. The van der Waals surface area contributed by atoms with Crippen LogP contribution in [0.2, 0.25) is 0 Å². The van der Waals surface area contributed by atoms with Crippen molar-refractivity contribution in [3.05, 3.63) is 24.3 Å². The van der Waals surface area contributed by atoms with Gasteiger partial charge in [-0.05, 0) is 44.2 Å². The maximum Gasteiger partial charge on any atom is 0.0342 e. The first kappa shape index (κ1) is 12.2. The Morgan fingerprint density at radius 2 is 1.88 bits per heavy atom. The molecule has 94 valence electrons. The molecular weight excluding hydrogens is 210 g/mol. The van der Waals surface area contributed by atoms with Crippen molar-refractivity contribution < 1.29 is 0 Å². The molecule has 0 unspecified atom stereocenters. The third-order valence-electron chi connectivity index (χ3n) is 3.65. The molecule has 0 radical (unpaired) electrons. The zero-order valence-corrected chi connectivity index (χ0v) is 10.7. The third-order valence-corrected chi connectivity index (χ3v) is 3.65. The molecule has 3 nitrogen and oxygen atoms in total. The number of benzene rings is 1. The lowest BCUT2D eigenvalue weighted by molar-refractivity contribution is 0.254. The van der Waals surface area contributed by atoms with Crippen LogP contribution in [0.15, 0.2) is 24.3 Å². The van der Waals surface area contributed by atoms with Gasteiger partial charge in [0, 0.05) is 30.5 Å². The second-order valence-electron chi connectivity index (χ2n) is 4.97. The molecule has 2 rings (SSSR count). The van der Waals surface area contributed by atoms with Gasteiger partial charge in [0.15, 0.2) is 0 Å². The van der Waals surface area contributed by atoms with Crippen LogP contribution in [0.3, 0.4) is 0 Å². The van der Waals surface area contributed by atoms with E-state index in [1.54, 1.807) is 0 Å². The van der Waals surface area contributed by atoms with E-state index in [9.17, 15) is 0 Å². The molecule has 1 aliphatic carbocycles. The van der Waals surface area contributed by atoms with E-state index in [1.165, 1.54) is 25.7 Å². The zero-order valence-electron chi connectivity index (χ0n) is 10.7. The van der Waals surface area contributed by atoms with Gasteiger partial charge in [-0.3, -0.25) is 0 Å². The van der Waals surface area contributed by atoms with Crippen molar-refractivity contribution in [1.82, 2.24) is 4.90 Å². The van der Waals surface area contributed by atoms with Crippen LogP contribution in [0, 0.1) is 0 Å². The lowest BCUT2D eigenvalue weighted by Gasteiger charge is -2.24. The molecule has 17 heavy (non-hydrogen) atoms. The third kappa shape index (κ3) is 3.63. The highest BCUT2D eigenvalue weighted by molar-refractivity contribution is 5.51. The van der Waals surface area contributed by atoms with E-state index in [4.69, 9.17) is 5.73 Å². The SMILES string of the molecule is CN(CCNc1ccc(N)cc1)C1CCCC1. The Bertz CT molecular complexity index is 328. The largest absolute Gasteiger partial charge is 0.399 e. The number of nitrogens with two attached hydrogens (primary N) is 1. The molecule has 3 N–H and O–H groups in total. The molecule has 1 saturated carbocycles. The first-order valence-electron chi connectivity index (χ1n) is 6.55. The van der Waals surface area contributed by atoms with Crippen molar-refractivity contribution in [3.63, 3.8) is 0 Å². The first-order chi connectivity index (χ1) is 8.25. The maximum absolute atomic E-state index is 5.65. The summed E-state index contributed by atoms with van der Waals surface area (Å²) in [7, 11) is 2.24. The number of rotatable bonds is 5. The number of nitrogen functional groups attached to an aromatic ring is 1. The van der Waals surface area contributed by atoms with Crippen LogP contribution in [0.1, 0.15) is 25.7 Å². The minimum atomic E-state index is 0.809. The van der Waals surface area contributed by atoms with Gasteiger partial charge in [0.25, 0.3) is 0 Å². The van der Waals surface area contributed by atoms with E-state index in [0.29, 0.717) is 0 Å².